The largest absolute Gasteiger partial charge is 0.463 e. The summed E-state index contributed by atoms with van der Waals surface area (Å²) in [6.07, 6.45) is 3.88. The molecule has 0 saturated carbocycles. The van der Waals surface area contributed by atoms with Crippen molar-refractivity contribution >= 4 is 11.3 Å². The summed E-state index contributed by atoms with van der Waals surface area (Å²) in [5.74, 6) is 0. The van der Waals surface area contributed by atoms with E-state index in [1.165, 1.54) is 4.88 Å². The molecule has 0 bridgehead atoms. The molecule has 2 aromatic rings. The Bertz CT molecular complexity index is 514. The van der Waals surface area contributed by atoms with Gasteiger partial charge < -0.3 is 10.1 Å². The summed E-state index contributed by atoms with van der Waals surface area (Å²) in [6, 6.07) is 4.64. The van der Waals surface area contributed by atoms with Gasteiger partial charge in [-0.3, -0.25) is 0 Å². The van der Waals surface area contributed by atoms with Crippen molar-refractivity contribution < 1.29 is 4.74 Å². The van der Waals surface area contributed by atoms with Crippen LogP contribution in [0.3, 0.4) is 0 Å². The van der Waals surface area contributed by atoms with Crippen LogP contribution in [0.4, 0.5) is 0 Å². The molecule has 1 N–H and O–H groups in total. The van der Waals surface area contributed by atoms with Gasteiger partial charge in [0, 0.05) is 35.3 Å². The van der Waals surface area contributed by atoms with Crippen LogP contribution in [0.2, 0.25) is 0 Å². The van der Waals surface area contributed by atoms with Gasteiger partial charge in [-0.25, -0.2) is 9.97 Å². The fourth-order valence-corrected chi connectivity index (χ4v) is 2.50. The van der Waals surface area contributed by atoms with Crippen LogP contribution in [0.15, 0.2) is 23.7 Å². The lowest BCUT2D eigenvalue weighted by Gasteiger charge is -2.08. The molecule has 0 aliphatic rings. The Morgan fingerprint density at radius 2 is 2.30 bits per heavy atom. The van der Waals surface area contributed by atoms with Crippen molar-refractivity contribution in [2.75, 3.05) is 13.2 Å². The van der Waals surface area contributed by atoms with E-state index in [1.807, 2.05) is 13.1 Å². The zero-order chi connectivity index (χ0) is 14.2. The van der Waals surface area contributed by atoms with Gasteiger partial charge in [-0.05, 0) is 31.3 Å². The highest BCUT2D eigenvalue weighted by molar-refractivity contribution is 7.09. The van der Waals surface area contributed by atoms with Gasteiger partial charge in [0.25, 0.3) is 0 Å². The maximum absolute atomic E-state index is 5.60. The predicted molar refractivity (Wildman–Crippen MR) is 82.3 cm³/mol. The maximum Gasteiger partial charge on any atom is 0.316 e. The third-order valence-electron chi connectivity index (χ3n) is 2.96. The lowest BCUT2D eigenvalue weighted by Crippen LogP contribution is -2.15. The molecule has 0 amide bonds. The molecule has 2 heterocycles. The van der Waals surface area contributed by atoms with Crippen LogP contribution in [-0.4, -0.2) is 23.1 Å². The van der Waals surface area contributed by atoms with E-state index in [0.717, 1.165) is 37.2 Å². The van der Waals surface area contributed by atoms with Gasteiger partial charge in [-0.1, -0.05) is 13.0 Å². The zero-order valence-corrected chi connectivity index (χ0v) is 12.9. The molecule has 20 heavy (non-hydrogen) atoms. The Morgan fingerprint density at radius 1 is 1.40 bits per heavy atom. The molecular formula is C15H21N3OS. The highest BCUT2D eigenvalue weighted by atomic mass is 32.1. The molecule has 0 fully saturated rings. The quantitative estimate of drug-likeness (QED) is 0.760. The molecule has 0 aromatic carbocycles. The number of nitrogens with zero attached hydrogens (tertiary/aromatic N) is 2. The maximum atomic E-state index is 5.60. The topological polar surface area (TPSA) is 47.0 Å². The predicted octanol–water partition coefficient (Wildman–Crippen LogP) is 2.97. The standard InChI is InChI=1S/C15H21N3OS/c1-3-7-16-10-13-11-17-15(18-12(13)2)19-8-6-14-5-4-9-20-14/h4-5,9,11,16H,3,6-8,10H2,1-2H3. The van der Waals surface area contributed by atoms with Gasteiger partial charge in [0.15, 0.2) is 0 Å². The number of thiophene rings is 1. The van der Waals surface area contributed by atoms with Crippen LogP contribution in [0.1, 0.15) is 29.5 Å². The molecule has 0 saturated heterocycles. The van der Waals surface area contributed by atoms with Gasteiger partial charge >= 0.3 is 6.01 Å². The number of aryl methyl sites for hydroxylation is 1. The molecular weight excluding hydrogens is 270 g/mol. The van der Waals surface area contributed by atoms with Crippen molar-refractivity contribution in [3.63, 3.8) is 0 Å². The second-order valence-electron chi connectivity index (χ2n) is 4.62. The first-order valence-electron chi connectivity index (χ1n) is 6.98. The summed E-state index contributed by atoms with van der Waals surface area (Å²) in [7, 11) is 0. The van der Waals surface area contributed by atoms with Crippen molar-refractivity contribution in [2.24, 2.45) is 0 Å². The summed E-state index contributed by atoms with van der Waals surface area (Å²) in [6.45, 7) is 6.60. The molecule has 0 atom stereocenters. The number of hydrogen-bond acceptors (Lipinski definition) is 5. The lowest BCUT2D eigenvalue weighted by atomic mass is 10.2. The molecule has 4 nitrogen and oxygen atoms in total. The second kappa shape index (κ2) is 7.97. The first kappa shape index (κ1) is 14.9. The Labute approximate surface area is 124 Å². The summed E-state index contributed by atoms with van der Waals surface area (Å²) < 4.78 is 5.60. The summed E-state index contributed by atoms with van der Waals surface area (Å²) in [5, 5.41) is 5.43. The molecule has 0 spiro atoms. The molecule has 0 unspecified atom stereocenters. The monoisotopic (exact) mass is 291 g/mol. The van der Waals surface area contributed by atoms with Crippen LogP contribution in [-0.2, 0) is 13.0 Å². The van der Waals surface area contributed by atoms with E-state index in [-0.39, 0.29) is 0 Å². The smallest absolute Gasteiger partial charge is 0.316 e. The van der Waals surface area contributed by atoms with Crippen LogP contribution >= 0.6 is 11.3 Å². The number of ether oxygens (including phenoxy) is 1. The number of aromatic nitrogens is 2. The Kier molecular flexibility index (Phi) is 5.95. The Hall–Kier alpha value is -1.46. The van der Waals surface area contributed by atoms with E-state index in [9.17, 15) is 0 Å². The number of nitrogens with one attached hydrogen (secondary N) is 1. The SMILES string of the molecule is CCCNCc1cnc(OCCc2cccs2)nc1C. The van der Waals surface area contributed by atoms with Crippen molar-refractivity contribution in [2.45, 2.75) is 33.2 Å². The molecule has 5 heteroatoms. The van der Waals surface area contributed by atoms with Crippen molar-refractivity contribution in [1.29, 1.82) is 0 Å². The van der Waals surface area contributed by atoms with Crippen LogP contribution in [0.25, 0.3) is 0 Å². The lowest BCUT2D eigenvalue weighted by molar-refractivity contribution is 0.296. The third-order valence-corrected chi connectivity index (χ3v) is 3.90. The molecule has 108 valence electrons. The normalized spacial score (nSPS) is 10.7. The third kappa shape index (κ3) is 4.58. The van der Waals surface area contributed by atoms with Crippen LogP contribution in [0, 0.1) is 6.92 Å². The van der Waals surface area contributed by atoms with Crippen LogP contribution in [0.5, 0.6) is 6.01 Å². The fourth-order valence-electron chi connectivity index (χ4n) is 1.81. The highest BCUT2D eigenvalue weighted by Crippen LogP contribution is 2.11. The Balaban J connectivity index is 1.82. The molecule has 0 aliphatic heterocycles. The molecule has 2 rings (SSSR count). The minimum Gasteiger partial charge on any atom is -0.463 e. The minimum atomic E-state index is 0.471. The average molecular weight is 291 g/mol. The molecule has 0 aliphatic carbocycles. The van der Waals surface area contributed by atoms with E-state index in [1.54, 1.807) is 11.3 Å². The number of rotatable bonds is 8. The molecule has 0 radical (unpaired) electrons. The van der Waals surface area contributed by atoms with Gasteiger partial charge in [0.05, 0.1) is 6.61 Å². The highest BCUT2D eigenvalue weighted by Gasteiger charge is 2.04. The number of hydrogen-bond donors (Lipinski definition) is 1. The first-order chi connectivity index (χ1) is 9.79. The van der Waals surface area contributed by atoms with Crippen LogP contribution < -0.4 is 10.1 Å². The Morgan fingerprint density at radius 3 is 3.00 bits per heavy atom. The summed E-state index contributed by atoms with van der Waals surface area (Å²) in [4.78, 5) is 9.99. The van der Waals surface area contributed by atoms with E-state index in [4.69, 9.17) is 4.74 Å². The average Bonchev–Trinajstić information content (AvgIpc) is 2.95. The second-order valence-corrected chi connectivity index (χ2v) is 5.65. The zero-order valence-electron chi connectivity index (χ0n) is 12.1. The minimum absolute atomic E-state index is 0.471. The van der Waals surface area contributed by atoms with Gasteiger partial charge in [-0.2, -0.15) is 0 Å². The fraction of sp³-hybridized carbons (Fsp3) is 0.467. The van der Waals surface area contributed by atoms with Gasteiger partial charge in [0.1, 0.15) is 0 Å². The van der Waals surface area contributed by atoms with Gasteiger partial charge in [0.2, 0.25) is 0 Å². The summed E-state index contributed by atoms with van der Waals surface area (Å²) in [5.41, 5.74) is 2.11. The van der Waals surface area contributed by atoms with Gasteiger partial charge in [-0.15, -0.1) is 11.3 Å². The van der Waals surface area contributed by atoms with E-state index >= 15 is 0 Å². The first-order valence-corrected chi connectivity index (χ1v) is 7.86. The molecule has 2 aromatic heterocycles. The van der Waals surface area contributed by atoms with Crippen molar-refractivity contribution in [3.8, 4) is 6.01 Å². The van der Waals surface area contributed by atoms with Crippen molar-refractivity contribution in [3.05, 3.63) is 39.8 Å². The van der Waals surface area contributed by atoms with E-state index in [0.29, 0.717) is 12.6 Å². The van der Waals surface area contributed by atoms with Crippen molar-refractivity contribution in [1.82, 2.24) is 15.3 Å². The van der Waals surface area contributed by atoms with E-state index in [2.05, 4.69) is 39.7 Å². The van der Waals surface area contributed by atoms with E-state index < -0.39 is 0 Å². The summed E-state index contributed by atoms with van der Waals surface area (Å²) >= 11 is 1.75.